The number of rotatable bonds is 5. The number of fused-ring (bicyclic) bond motifs is 1. The Labute approximate surface area is 169 Å². The Morgan fingerprint density at radius 2 is 1.82 bits per heavy atom. The lowest BCUT2D eigenvalue weighted by atomic mass is 10.2. The summed E-state index contributed by atoms with van der Waals surface area (Å²) in [5.41, 5.74) is 3.00. The smallest absolute Gasteiger partial charge is 0.233 e. The maximum Gasteiger partial charge on any atom is 0.233 e. The lowest BCUT2D eigenvalue weighted by Crippen LogP contribution is -2.36. The summed E-state index contributed by atoms with van der Waals surface area (Å²) in [5, 5.41) is 0.793. The van der Waals surface area contributed by atoms with Crippen LogP contribution in [0.1, 0.15) is 12.0 Å². The number of carbonyl (C=O) groups is 1. The minimum absolute atomic E-state index is 0.172. The molecule has 7 heteroatoms. The van der Waals surface area contributed by atoms with Crippen molar-refractivity contribution in [3.05, 3.63) is 60.6 Å². The van der Waals surface area contributed by atoms with Crippen LogP contribution in [-0.4, -0.2) is 62.6 Å². The highest BCUT2D eigenvalue weighted by Gasteiger charge is 2.19. The fraction of sp³-hybridized carbons (Fsp3) is 0.333. The molecule has 1 aliphatic heterocycles. The normalized spacial score (nSPS) is 15.5. The molecule has 3 heterocycles. The predicted molar refractivity (Wildman–Crippen MR) is 111 cm³/mol. The van der Waals surface area contributed by atoms with Crippen LogP contribution in [0.25, 0.3) is 11.0 Å². The second-order valence-electron chi connectivity index (χ2n) is 6.85. The molecule has 1 saturated heterocycles. The number of benzene rings is 1. The van der Waals surface area contributed by atoms with Gasteiger partial charge in [-0.25, -0.2) is 4.98 Å². The van der Waals surface area contributed by atoms with Crippen molar-refractivity contribution in [3.8, 4) is 0 Å². The number of pyridine rings is 1. The third kappa shape index (κ3) is 4.85. The van der Waals surface area contributed by atoms with Crippen LogP contribution in [0.4, 0.5) is 0 Å². The summed E-state index contributed by atoms with van der Waals surface area (Å²) in [6, 6.07) is 11.9. The third-order valence-corrected chi connectivity index (χ3v) is 5.75. The van der Waals surface area contributed by atoms with Crippen LogP contribution in [0.2, 0.25) is 0 Å². The highest BCUT2D eigenvalue weighted by atomic mass is 32.2. The molecule has 0 atom stereocenters. The number of nitrogens with zero attached hydrogens (tertiary/aromatic N) is 5. The average molecular weight is 394 g/mol. The van der Waals surface area contributed by atoms with Gasteiger partial charge in [-0.2, -0.15) is 0 Å². The van der Waals surface area contributed by atoms with Crippen molar-refractivity contribution in [1.29, 1.82) is 0 Å². The number of carbonyl (C=O) groups excluding carboxylic acids is 1. The first kappa shape index (κ1) is 18.8. The van der Waals surface area contributed by atoms with Crippen molar-refractivity contribution >= 4 is 28.7 Å². The molecule has 0 aliphatic carbocycles. The maximum absolute atomic E-state index is 12.7. The Morgan fingerprint density at radius 3 is 2.68 bits per heavy atom. The van der Waals surface area contributed by atoms with Gasteiger partial charge in [0.2, 0.25) is 5.91 Å². The molecule has 1 fully saturated rings. The van der Waals surface area contributed by atoms with Crippen molar-refractivity contribution in [2.75, 3.05) is 31.9 Å². The second kappa shape index (κ2) is 9.12. The van der Waals surface area contributed by atoms with E-state index in [1.54, 1.807) is 6.20 Å². The number of thioether (sulfide) groups is 1. The Hall–Kier alpha value is -2.51. The Bertz CT molecular complexity index is 936. The molecule has 0 saturated carbocycles. The largest absolute Gasteiger partial charge is 0.341 e. The molecule has 28 heavy (non-hydrogen) atoms. The molecule has 3 aromatic rings. The molecule has 1 aliphatic rings. The maximum atomic E-state index is 12.7. The third-order valence-electron chi connectivity index (χ3n) is 4.87. The minimum atomic E-state index is 0.172. The first-order valence-corrected chi connectivity index (χ1v) is 10.5. The fourth-order valence-electron chi connectivity index (χ4n) is 3.36. The molecule has 0 spiro atoms. The molecule has 1 aromatic carbocycles. The van der Waals surface area contributed by atoms with E-state index >= 15 is 0 Å². The quantitative estimate of drug-likeness (QED) is 0.621. The molecule has 2 aromatic heterocycles. The molecule has 0 radical (unpaired) electrons. The molecule has 0 bridgehead atoms. The minimum Gasteiger partial charge on any atom is -0.341 e. The van der Waals surface area contributed by atoms with Crippen molar-refractivity contribution in [1.82, 2.24) is 24.8 Å². The van der Waals surface area contributed by atoms with E-state index in [9.17, 15) is 4.79 Å². The van der Waals surface area contributed by atoms with Gasteiger partial charge in [0.25, 0.3) is 0 Å². The first-order valence-electron chi connectivity index (χ1n) is 9.51. The lowest BCUT2D eigenvalue weighted by molar-refractivity contribution is -0.128. The van der Waals surface area contributed by atoms with Crippen LogP contribution >= 0.6 is 11.8 Å². The summed E-state index contributed by atoms with van der Waals surface area (Å²) < 4.78 is 0. The van der Waals surface area contributed by atoms with Crippen molar-refractivity contribution in [2.45, 2.75) is 18.0 Å². The van der Waals surface area contributed by atoms with Gasteiger partial charge in [-0.3, -0.25) is 19.7 Å². The van der Waals surface area contributed by atoms with Gasteiger partial charge in [-0.1, -0.05) is 23.9 Å². The Kier molecular flexibility index (Phi) is 6.14. The summed E-state index contributed by atoms with van der Waals surface area (Å²) in [5.74, 6) is 0.572. The molecular formula is C21H23N5OS. The van der Waals surface area contributed by atoms with Gasteiger partial charge in [-0.15, -0.1) is 0 Å². The fourth-order valence-corrected chi connectivity index (χ4v) is 4.11. The van der Waals surface area contributed by atoms with Gasteiger partial charge in [0, 0.05) is 45.1 Å². The summed E-state index contributed by atoms with van der Waals surface area (Å²) >= 11 is 1.46. The molecule has 6 nitrogen and oxygen atoms in total. The SMILES string of the molecule is O=C(CSc1cnc2ccccc2n1)N1CCCN(Cc2ccncc2)CC1. The van der Waals surface area contributed by atoms with E-state index in [2.05, 4.69) is 32.0 Å². The zero-order valence-corrected chi connectivity index (χ0v) is 16.5. The van der Waals surface area contributed by atoms with Crippen LogP contribution in [0, 0.1) is 0 Å². The first-order chi connectivity index (χ1) is 13.8. The van der Waals surface area contributed by atoms with Crippen LogP contribution < -0.4 is 0 Å². The second-order valence-corrected chi connectivity index (χ2v) is 7.85. The van der Waals surface area contributed by atoms with Crippen LogP contribution in [0.5, 0.6) is 0 Å². The van der Waals surface area contributed by atoms with Gasteiger partial charge in [-0.05, 0) is 36.2 Å². The predicted octanol–water partition coefficient (Wildman–Crippen LogP) is 2.85. The van der Waals surface area contributed by atoms with E-state index in [-0.39, 0.29) is 5.91 Å². The number of amides is 1. The Balaban J connectivity index is 1.29. The highest BCUT2D eigenvalue weighted by Crippen LogP contribution is 2.19. The summed E-state index contributed by atoms with van der Waals surface area (Å²) in [6.07, 6.45) is 6.40. The van der Waals surface area contributed by atoms with Crippen LogP contribution in [0.3, 0.4) is 0 Å². The number of aromatic nitrogens is 3. The van der Waals surface area contributed by atoms with E-state index in [0.29, 0.717) is 5.75 Å². The van der Waals surface area contributed by atoms with E-state index in [1.807, 2.05) is 41.6 Å². The highest BCUT2D eigenvalue weighted by molar-refractivity contribution is 7.99. The zero-order chi connectivity index (χ0) is 19.2. The van der Waals surface area contributed by atoms with Gasteiger partial charge in [0.1, 0.15) is 5.03 Å². The van der Waals surface area contributed by atoms with Gasteiger partial charge in [0.05, 0.1) is 23.0 Å². The molecule has 1 amide bonds. The monoisotopic (exact) mass is 393 g/mol. The molecular weight excluding hydrogens is 370 g/mol. The number of hydrogen-bond acceptors (Lipinski definition) is 6. The molecule has 0 unspecified atom stereocenters. The van der Waals surface area contributed by atoms with Gasteiger partial charge in [0.15, 0.2) is 0 Å². The lowest BCUT2D eigenvalue weighted by Gasteiger charge is -2.22. The van der Waals surface area contributed by atoms with E-state index in [1.165, 1.54) is 17.3 Å². The van der Waals surface area contributed by atoms with Crippen LogP contribution in [-0.2, 0) is 11.3 Å². The zero-order valence-electron chi connectivity index (χ0n) is 15.7. The van der Waals surface area contributed by atoms with Gasteiger partial charge >= 0.3 is 0 Å². The molecule has 144 valence electrons. The summed E-state index contributed by atoms with van der Waals surface area (Å²) in [4.78, 5) is 30.1. The van der Waals surface area contributed by atoms with Crippen molar-refractivity contribution in [2.24, 2.45) is 0 Å². The molecule has 0 N–H and O–H groups in total. The van der Waals surface area contributed by atoms with Crippen LogP contribution in [0.15, 0.2) is 60.0 Å². The van der Waals surface area contributed by atoms with E-state index in [0.717, 1.165) is 55.2 Å². The molecule has 4 rings (SSSR count). The van der Waals surface area contributed by atoms with Crippen molar-refractivity contribution in [3.63, 3.8) is 0 Å². The summed E-state index contributed by atoms with van der Waals surface area (Å²) in [6.45, 7) is 4.40. The van der Waals surface area contributed by atoms with E-state index < -0.39 is 0 Å². The van der Waals surface area contributed by atoms with E-state index in [4.69, 9.17) is 0 Å². The standard InChI is InChI=1S/C21H23N5OS/c27-21(16-28-20-14-23-18-4-1-2-5-19(18)24-20)26-11-3-10-25(12-13-26)15-17-6-8-22-9-7-17/h1-2,4-9,14H,3,10-13,15-16H2. The average Bonchev–Trinajstić information content (AvgIpc) is 2.98. The van der Waals surface area contributed by atoms with Crippen molar-refractivity contribution < 1.29 is 4.79 Å². The number of para-hydroxylation sites is 2. The van der Waals surface area contributed by atoms with Gasteiger partial charge < -0.3 is 4.90 Å². The topological polar surface area (TPSA) is 62.2 Å². The summed E-state index contributed by atoms with van der Waals surface area (Å²) in [7, 11) is 0. The number of hydrogen-bond donors (Lipinski definition) is 0. The Morgan fingerprint density at radius 1 is 1.00 bits per heavy atom.